The van der Waals surface area contributed by atoms with Crippen LogP contribution in [0.3, 0.4) is 0 Å². The van der Waals surface area contributed by atoms with Gasteiger partial charge in [0.25, 0.3) is 0 Å². The Morgan fingerprint density at radius 1 is 1.00 bits per heavy atom. The number of nitrogens with zero attached hydrogens (tertiary/aromatic N) is 1. The van der Waals surface area contributed by atoms with Crippen molar-refractivity contribution in [3.63, 3.8) is 0 Å². The van der Waals surface area contributed by atoms with Gasteiger partial charge < -0.3 is 19.7 Å². The van der Waals surface area contributed by atoms with Crippen LogP contribution in [-0.2, 0) is 6.54 Å². The second kappa shape index (κ2) is 7.62. The highest BCUT2D eigenvalue weighted by Crippen LogP contribution is 2.31. The average molecular weight is 425 g/mol. The summed E-state index contributed by atoms with van der Waals surface area (Å²) in [6.07, 6.45) is -0.544. The number of halogens is 1. The van der Waals surface area contributed by atoms with Gasteiger partial charge in [-0.2, -0.15) is 0 Å². The van der Waals surface area contributed by atoms with Crippen molar-refractivity contribution in [2.45, 2.75) is 12.6 Å². The topological polar surface area (TPSA) is 46.4 Å². The van der Waals surface area contributed by atoms with Gasteiger partial charge in [-0.3, -0.25) is 0 Å². The Balaban J connectivity index is 1.60. The Bertz CT molecular complexity index is 1090. The zero-order valence-electron chi connectivity index (χ0n) is 15.0. The summed E-state index contributed by atoms with van der Waals surface area (Å²) < 4.78 is 8.59. The van der Waals surface area contributed by atoms with Gasteiger partial charge in [-0.05, 0) is 36.4 Å². The van der Waals surface area contributed by atoms with E-state index in [4.69, 9.17) is 4.74 Å². The number of nitrogens with one attached hydrogen (secondary N) is 1. The minimum atomic E-state index is -0.544. The third kappa shape index (κ3) is 3.53. The van der Waals surface area contributed by atoms with Crippen molar-refractivity contribution >= 4 is 43.4 Å². The molecule has 0 radical (unpaired) electrons. The fraction of sp³-hybridized carbons (Fsp3) is 0.182. The van der Waals surface area contributed by atoms with Crippen molar-refractivity contribution in [2.24, 2.45) is 0 Å². The maximum atomic E-state index is 10.7. The molecule has 0 saturated carbocycles. The molecule has 27 heavy (non-hydrogen) atoms. The van der Waals surface area contributed by atoms with Crippen LogP contribution in [0.25, 0.3) is 21.8 Å². The molecule has 0 saturated heterocycles. The lowest BCUT2D eigenvalue weighted by atomic mass is 10.2. The number of rotatable bonds is 6. The molecule has 0 fully saturated rings. The number of aliphatic hydroxyl groups is 1. The van der Waals surface area contributed by atoms with Crippen LogP contribution in [0.4, 0.5) is 5.69 Å². The first kappa shape index (κ1) is 17.9. The van der Waals surface area contributed by atoms with E-state index in [1.54, 1.807) is 7.11 Å². The Labute approximate surface area is 166 Å². The van der Waals surface area contributed by atoms with Crippen molar-refractivity contribution in [3.8, 4) is 5.75 Å². The van der Waals surface area contributed by atoms with E-state index in [0.29, 0.717) is 13.1 Å². The van der Waals surface area contributed by atoms with E-state index in [1.165, 1.54) is 10.8 Å². The molecule has 0 aliphatic carbocycles. The van der Waals surface area contributed by atoms with Gasteiger partial charge in [-0.1, -0.05) is 46.3 Å². The van der Waals surface area contributed by atoms with Gasteiger partial charge in [0.1, 0.15) is 5.75 Å². The largest absolute Gasteiger partial charge is 0.495 e. The number of fused-ring (bicyclic) bond motifs is 3. The minimum absolute atomic E-state index is 0.435. The Morgan fingerprint density at radius 3 is 2.59 bits per heavy atom. The third-order valence-electron chi connectivity index (χ3n) is 4.76. The van der Waals surface area contributed by atoms with Gasteiger partial charge in [-0.25, -0.2) is 0 Å². The van der Waals surface area contributed by atoms with Crippen LogP contribution in [-0.4, -0.2) is 29.4 Å². The molecule has 4 nitrogen and oxygen atoms in total. The molecule has 4 rings (SSSR count). The highest BCUT2D eigenvalue weighted by Gasteiger charge is 2.14. The predicted octanol–water partition coefficient (Wildman–Crippen LogP) is 5.04. The minimum Gasteiger partial charge on any atom is -0.495 e. The maximum absolute atomic E-state index is 10.7. The highest BCUT2D eigenvalue weighted by atomic mass is 79.9. The van der Waals surface area contributed by atoms with Crippen molar-refractivity contribution in [3.05, 3.63) is 71.2 Å². The summed E-state index contributed by atoms with van der Waals surface area (Å²) in [7, 11) is 1.65. The van der Waals surface area contributed by atoms with Crippen molar-refractivity contribution in [1.29, 1.82) is 0 Å². The number of anilines is 1. The lowest BCUT2D eigenvalue weighted by molar-refractivity contribution is 0.169. The van der Waals surface area contributed by atoms with Gasteiger partial charge in [0, 0.05) is 32.8 Å². The zero-order valence-corrected chi connectivity index (χ0v) is 16.6. The fourth-order valence-electron chi connectivity index (χ4n) is 3.52. The highest BCUT2D eigenvalue weighted by molar-refractivity contribution is 9.10. The molecule has 1 aromatic heterocycles. The van der Waals surface area contributed by atoms with Gasteiger partial charge >= 0.3 is 0 Å². The summed E-state index contributed by atoms with van der Waals surface area (Å²) in [5.74, 6) is 0.770. The van der Waals surface area contributed by atoms with Crippen molar-refractivity contribution in [2.75, 3.05) is 19.0 Å². The Hall–Kier alpha value is -2.50. The van der Waals surface area contributed by atoms with Crippen molar-refractivity contribution in [1.82, 2.24) is 4.57 Å². The van der Waals surface area contributed by atoms with E-state index in [-0.39, 0.29) is 0 Å². The van der Waals surface area contributed by atoms with Crippen LogP contribution >= 0.6 is 15.9 Å². The number of aromatic nitrogens is 1. The number of para-hydroxylation sites is 3. The first-order valence-corrected chi connectivity index (χ1v) is 9.68. The average Bonchev–Trinajstić information content (AvgIpc) is 3.00. The number of methoxy groups -OCH3 is 1. The summed E-state index contributed by atoms with van der Waals surface area (Å²) in [6.45, 7) is 0.943. The summed E-state index contributed by atoms with van der Waals surface area (Å²) in [6, 6.07) is 22.3. The molecule has 5 heteroatoms. The molecule has 0 spiro atoms. The van der Waals surface area contributed by atoms with Gasteiger partial charge in [0.15, 0.2) is 0 Å². The SMILES string of the molecule is COc1ccccc1NCC(O)Cn1c2ccccc2c2cc(Br)ccc21. The monoisotopic (exact) mass is 424 g/mol. The van der Waals surface area contributed by atoms with Crippen molar-refractivity contribution < 1.29 is 9.84 Å². The molecule has 2 N–H and O–H groups in total. The van der Waals surface area contributed by atoms with Gasteiger partial charge in [-0.15, -0.1) is 0 Å². The van der Waals surface area contributed by atoms with E-state index >= 15 is 0 Å². The molecule has 0 bridgehead atoms. The zero-order chi connectivity index (χ0) is 18.8. The standard InChI is InChI=1S/C22H21BrN2O2/c1-27-22-9-5-3-7-19(22)24-13-16(26)14-25-20-8-4-2-6-17(20)18-12-15(23)10-11-21(18)25/h2-12,16,24,26H,13-14H2,1H3. The molecule has 0 amide bonds. The first-order valence-electron chi connectivity index (χ1n) is 8.89. The third-order valence-corrected chi connectivity index (χ3v) is 5.26. The number of ether oxygens (including phenoxy) is 1. The van der Waals surface area contributed by atoms with Gasteiger partial charge in [0.05, 0.1) is 25.4 Å². The van der Waals surface area contributed by atoms with Crippen LogP contribution in [0.1, 0.15) is 0 Å². The van der Waals surface area contributed by atoms with Crippen LogP contribution in [0.5, 0.6) is 5.75 Å². The van der Waals surface area contributed by atoms with E-state index in [2.05, 4.69) is 50.1 Å². The van der Waals surface area contributed by atoms with E-state index < -0.39 is 6.10 Å². The second-order valence-electron chi connectivity index (χ2n) is 6.52. The lowest BCUT2D eigenvalue weighted by Gasteiger charge is -2.17. The quantitative estimate of drug-likeness (QED) is 0.455. The molecular weight excluding hydrogens is 404 g/mol. The summed E-state index contributed by atoms with van der Waals surface area (Å²) in [4.78, 5) is 0. The number of hydrogen-bond acceptors (Lipinski definition) is 3. The molecule has 1 heterocycles. The van der Waals surface area contributed by atoms with E-state index in [1.807, 2.05) is 42.5 Å². The number of hydrogen-bond donors (Lipinski definition) is 2. The predicted molar refractivity (Wildman–Crippen MR) is 115 cm³/mol. The molecule has 4 aromatic rings. The molecule has 0 aliphatic heterocycles. The van der Waals surface area contributed by atoms with E-state index in [9.17, 15) is 5.11 Å². The molecule has 3 aromatic carbocycles. The first-order chi connectivity index (χ1) is 13.2. The molecule has 0 aliphatic rings. The van der Waals surface area contributed by atoms with E-state index in [0.717, 1.165) is 26.9 Å². The van der Waals surface area contributed by atoms with Crippen LogP contribution in [0, 0.1) is 0 Å². The van der Waals surface area contributed by atoms with Gasteiger partial charge in [0.2, 0.25) is 0 Å². The molecule has 138 valence electrons. The fourth-order valence-corrected chi connectivity index (χ4v) is 3.88. The summed E-state index contributed by atoms with van der Waals surface area (Å²) in [5.41, 5.74) is 3.13. The number of aliphatic hydroxyl groups excluding tert-OH is 1. The second-order valence-corrected chi connectivity index (χ2v) is 7.44. The van der Waals surface area contributed by atoms with Crippen LogP contribution in [0.15, 0.2) is 71.2 Å². The summed E-state index contributed by atoms with van der Waals surface area (Å²) in [5, 5.41) is 16.4. The Morgan fingerprint density at radius 2 is 1.74 bits per heavy atom. The summed E-state index contributed by atoms with van der Waals surface area (Å²) >= 11 is 3.56. The normalized spacial score (nSPS) is 12.4. The molecule has 1 unspecified atom stereocenters. The maximum Gasteiger partial charge on any atom is 0.141 e. The Kier molecular flexibility index (Phi) is 5.05. The molecule has 1 atom stereocenters. The molecular formula is C22H21BrN2O2. The number of benzene rings is 3. The lowest BCUT2D eigenvalue weighted by Crippen LogP contribution is -2.25. The smallest absolute Gasteiger partial charge is 0.141 e. The van der Waals surface area contributed by atoms with Crippen LogP contribution < -0.4 is 10.1 Å². The van der Waals surface area contributed by atoms with Crippen LogP contribution in [0.2, 0.25) is 0 Å².